The molecule has 6 nitrogen and oxygen atoms in total. The Morgan fingerprint density at radius 2 is 1.81 bits per heavy atom. The highest BCUT2D eigenvalue weighted by molar-refractivity contribution is 7.87. The first-order valence-corrected chi connectivity index (χ1v) is 10.1. The lowest BCUT2D eigenvalue weighted by molar-refractivity contribution is -0.121. The zero-order valence-electron chi connectivity index (χ0n) is 14.7. The van der Waals surface area contributed by atoms with Gasteiger partial charge in [-0.3, -0.25) is 0 Å². The lowest BCUT2D eigenvalue weighted by Crippen LogP contribution is -2.49. The van der Waals surface area contributed by atoms with Crippen molar-refractivity contribution in [3.8, 4) is 0 Å². The number of halogens is 3. The normalized spacial score (nSPS) is 25.0. The van der Waals surface area contributed by atoms with Gasteiger partial charge in [0.2, 0.25) is 0 Å². The first-order chi connectivity index (χ1) is 12.6. The maximum absolute atomic E-state index is 12.3. The van der Waals surface area contributed by atoms with Crippen molar-refractivity contribution in [2.24, 2.45) is 11.8 Å². The van der Waals surface area contributed by atoms with Gasteiger partial charge in [-0.05, 0) is 60.8 Å². The molecule has 150 valence electrons. The molecule has 0 aliphatic heterocycles. The van der Waals surface area contributed by atoms with Crippen LogP contribution in [0.5, 0.6) is 0 Å². The first kappa shape index (κ1) is 20.1. The number of rotatable bonds is 5. The minimum Gasteiger partial charge on any atom is -0.465 e. The van der Waals surface area contributed by atoms with Crippen LogP contribution in [0, 0.1) is 11.8 Å². The van der Waals surface area contributed by atoms with Crippen molar-refractivity contribution in [1.82, 2.24) is 9.44 Å². The summed E-state index contributed by atoms with van der Waals surface area (Å²) in [4.78, 5) is 11.7. The Kier molecular flexibility index (Phi) is 5.51. The van der Waals surface area contributed by atoms with Crippen LogP contribution in [0.2, 0.25) is 0 Å². The van der Waals surface area contributed by atoms with E-state index in [1.54, 1.807) is 16.9 Å². The predicted molar refractivity (Wildman–Crippen MR) is 91.3 cm³/mol. The van der Waals surface area contributed by atoms with Gasteiger partial charge in [-0.2, -0.15) is 31.0 Å². The third-order valence-corrected chi connectivity index (χ3v) is 6.38. The molecule has 3 rings (SSSR count). The lowest BCUT2D eigenvalue weighted by Gasteiger charge is -2.23. The van der Waals surface area contributed by atoms with E-state index in [1.807, 2.05) is 6.07 Å². The monoisotopic (exact) mass is 406 g/mol. The zero-order valence-corrected chi connectivity index (χ0v) is 15.5. The van der Waals surface area contributed by atoms with E-state index in [2.05, 4.69) is 4.72 Å². The zero-order chi connectivity index (χ0) is 19.8. The fraction of sp³-hybridized carbons (Fsp3) is 0.588. The molecule has 10 heteroatoms. The summed E-state index contributed by atoms with van der Waals surface area (Å²) in [5.41, 5.74) is 2.41. The van der Waals surface area contributed by atoms with Crippen LogP contribution in [0.15, 0.2) is 18.2 Å². The van der Waals surface area contributed by atoms with Crippen molar-refractivity contribution in [1.29, 1.82) is 0 Å². The summed E-state index contributed by atoms with van der Waals surface area (Å²) in [6, 6.07) is 4.84. The second-order valence-electron chi connectivity index (χ2n) is 7.06. The maximum Gasteiger partial charge on any atom is 0.402 e. The Morgan fingerprint density at radius 3 is 2.41 bits per heavy atom. The molecule has 27 heavy (non-hydrogen) atoms. The van der Waals surface area contributed by atoms with Crippen LogP contribution in [-0.2, 0) is 27.8 Å². The van der Waals surface area contributed by atoms with Gasteiger partial charge in [-0.15, -0.1) is 0 Å². The summed E-state index contributed by atoms with van der Waals surface area (Å²) in [7, 11) is -2.96. The van der Waals surface area contributed by atoms with E-state index < -0.39 is 34.9 Å². The standard InChI is InChI=1S/C17H21F3N2O4S/c1-26-16(23)13-5-2-10-6-11-3-4-12(7-14(10)8-13)15(11)22-27(24,25)21-9-17(18,19)20/h2,5,8,11-12,15,21-22H,3-4,6-7,9H2,1H3. The van der Waals surface area contributed by atoms with Crippen LogP contribution >= 0.6 is 0 Å². The molecule has 2 aliphatic carbocycles. The lowest BCUT2D eigenvalue weighted by atomic mass is 9.92. The molecule has 1 saturated carbocycles. The quantitative estimate of drug-likeness (QED) is 0.732. The van der Waals surface area contributed by atoms with Crippen LogP contribution in [0.1, 0.15) is 34.3 Å². The topological polar surface area (TPSA) is 84.5 Å². The van der Waals surface area contributed by atoms with Gasteiger partial charge >= 0.3 is 12.1 Å². The average Bonchev–Trinajstić information content (AvgIpc) is 2.85. The first-order valence-electron chi connectivity index (χ1n) is 8.62. The second-order valence-corrected chi connectivity index (χ2v) is 8.60. The molecule has 1 aromatic carbocycles. The van der Waals surface area contributed by atoms with E-state index in [1.165, 1.54) is 7.11 Å². The number of hydrogen-bond acceptors (Lipinski definition) is 4. The fourth-order valence-electron chi connectivity index (χ4n) is 4.05. The molecular formula is C17H21F3N2O4S. The summed E-state index contributed by atoms with van der Waals surface area (Å²) in [5, 5.41) is 0. The summed E-state index contributed by atoms with van der Waals surface area (Å²) in [6.45, 7) is -1.60. The molecular weight excluding hydrogens is 385 g/mol. The van der Waals surface area contributed by atoms with Gasteiger partial charge in [0.25, 0.3) is 10.2 Å². The van der Waals surface area contributed by atoms with Crippen LogP contribution in [0.4, 0.5) is 13.2 Å². The van der Waals surface area contributed by atoms with E-state index in [9.17, 15) is 26.4 Å². The van der Waals surface area contributed by atoms with Gasteiger partial charge in [0, 0.05) is 6.04 Å². The van der Waals surface area contributed by atoms with E-state index in [-0.39, 0.29) is 11.8 Å². The fourth-order valence-corrected chi connectivity index (χ4v) is 5.23. The number of esters is 1. The van der Waals surface area contributed by atoms with Gasteiger partial charge in [0.05, 0.1) is 12.7 Å². The van der Waals surface area contributed by atoms with Crippen LogP contribution in [0.25, 0.3) is 0 Å². The number of nitrogens with one attached hydrogen (secondary N) is 2. The Morgan fingerprint density at radius 1 is 1.19 bits per heavy atom. The molecule has 3 unspecified atom stereocenters. The Hall–Kier alpha value is -1.65. The van der Waals surface area contributed by atoms with Gasteiger partial charge in [-0.1, -0.05) is 6.07 Å². The predicted octanol–water partition coefficient (Wildman–Crippen LogP) is 1.95. The molecule has 2 aliphatic rings. The summed E-state index contributed by atoms with van der Waals surface area (Å²) in [6.07, 6.45) is -1.87. The summed E-state index contributed by atoms with van der Waals surface area (Å²) in [5.74, 6) is -0.477. The average molecular weight is 406 g/mol. The molecule has 0 aromatic heterocycles. The van der Waals surface area contributed by atoms with Crippen molar-refractivity contribution in [3.05, 3.63) is 34.9 Å². The number of carbonyl (C=O) groups is 1. The highest BCUT2D eigenvalue weighted by atomic mass is 32.2. The van der Waals surface area contributed by atoms with Gasteiger partial charge in [0.1, 0.15) is 6.54 Å². The molecule has 0 radical (unpaired) electrons. The maximum atomic E-state index is 12.3. The number of ether oxygens (including phenoxy) is 1. The van der Waals surface area contributed by atoms with Gasteiger partial charge in [0.15, 0.2) is 0 Å². The van der Waals surface area contributed by atoms with Crippen molar-refractivity contribution >= 4 is 16.2 Å². The van der Waals surface area contributed by atoms with E-state index in [0.29, 0.717) is 18.4 Å². The molecule has 1 fully saturated rings. The van der Waals surface area contributed by atoms with Crippen LogP contribution in [0.3, 0.4) is 0 Å². The SMILES string of the molecule is COC(=O)c1ccc2c(c1)CC1CCC(C2)C1NS(=O)(=O)NCC(F)(F)F. The molecule has 2 N–H and O–H groups in total. The highest BCUT2D eigenvalue weighted by Gasteiger charge is 2.41. The van der Waals surface area contributed by atoms with Crippen molar-refractivity contribution in [3.63, 3.8) is 0 Å². The largest absolute Gasteiger partial charge is 0.465 e. The smallest absolute Gasteiger partial charge is 0.402 e. The number of hydrogen-bond donors (Lipinski definition) is 2. The summed E-state index contributed by atoms with van der Waals surface area (Å²) >= 11 is 0. The number of carbonyl (C=O) groups excluding carboxylic acids is 1. The minimum atomic E-state index is -4.61. The van der Waals surface area contributed by atoms with Gasteiger partial charge in [-0.25, -0.2) is 4.79 Å². The molecule has 3 atom stereocenters. The molecule has 0 amide bonds. The molecule has 0 spiro atoms. The highest BCUT2D eigenvalue weighted by Crippen LogP contribution is 2.40. The number of fused-ring (bicyclic) bond motifs is 3. The Labute approximate surface area is 155 Å². The van der Waals surface area contributed by atoms with E-state index in [4.69, 9.17) is 4.74 Å². The Bertz CT molecular complexity index is 826. The number of benzene rings is 1. The molecule has 0 heterocycles. The second kappa shape index (κ2) is 7.40. The number of methoxy groups -OCH3 is 1. The third-order valence-electron chi connectivity index (χ3n) is 5.27. The molecule has 2 bridgehead atoms. The minimum absolute atomic E-state index is 0.00249. The van der Waals surface area contributed by atoms with Crippen LogP contribution in [-0.4, -0.2) is 40.3 Å². The molecule has 1 aromatic rings. The van der Waals surface area contributed by atoms with Crippen LogP contribution < -0.4 is 9.44 Å². The van der Waals surface area contributed by atoms with Crippen molar-refractivity contribution < 1.29 is 31.1 Å². The third kappa shape index (κ3) is 4.80. The van der Waals surface area contributed by atoms with E-state index >= 15 is 0 Å². The molecule has 0 saturated heterocycles. The van der Waals surface area contributed by atoms with Crippen molar-refractivity contribution in [2.75, 3.05) is 13.7 Å². The van der Waals surface area contributed by atoms with Gasteiger partial charge < -0.3 is 4.74 Å². The van der Waals surface area contributed by atoms with Crippen molar-refractivity contribution in [2.45, 2.75) is 37.9 Å². The number of alkyl halides is 3. The summed E-state index contributed by atoms with van der Waals surface area (Å²) < 4.78 is 69.8. The van der Waals surface area contributed by atoms with E-state index in [0.717, 1.165) is 24.0 Å². The Balaban J connectivity index is 1.76.